The zero-order chi connectivity index (χ0) is 17.8. The minimum absolute atomic E-state index is 0.110. The molecular formula is C12H16N5O7P. The summed E-state index contributed by atoms with van der Waals surface area (Å²) in [7, 11) is -1.27. The van der Waals surface area contributed by atoms with Gasteiger partial charge in [-0.1, -0.05) is 0 Å². The van der Waals surface area contributed by atoms with Crippen molar-refractivity contribution in [2.75, 3.05) is 26.6 Å². The predicted octanol–water partition coefficient (Wildman–Crippen LogP) is -0.155. The van der Waals surface area contributed by atoms with Crippen molar-refractivity contribution in [2.45, 2.75) is 24.5 Å². The summed E-state index contributed by atoms with van der Waals surface area (Å²) < 4.78 is 39.9. The smallest absolute Gasteiger partial charge is 0.468 e. The molecule has 0 radical (unpaired) electrons. The fraction of sp³-hybridized carbons (Fsp3) is 0.583. The summed E-state index contributed by atoms with van der Waals surface area (Å²) in [6.07, 6.45) is -1.63. The molecular weight excluding hydrogens is 357 g/mol. The van der Waals surface area contributed by atoms with E-state index in [4.69, 9.17) is 29.0 Å². The molecule has 5 atom stereocenters. The maximum absolute atomic E-state index is 11.7. The third kappa shape index (κ3) is 2.58. The summed E-state index contributed by atoms with van der Waals surface area (Å²) in [5.74, 6) is 0.186. The first-order valence-corrected chi connectivity index (χ1v) is 8.81. The molecule has 0 aliphatic carbocycles. The second-order valence-corrected chi connectivity index (χ2v) is 6.91. The number of nitrogen functional groups attached to an aromatic ring is 1. The molecule has 4 heterocycles. The summed E-state index contributed by atoms with van der Waals surface area (Å²) in [6.45, 7) is -0.110. The molecule has 4 rings (SSSR count). The molecule has 0 spiro atoms. The quantitative estimate of drug-likeness (QED) is 0.690. The Labute approximate surface area is 141 Å². The Morgan fingerprint density at radius 1 is 1.44 bits per heavy atom. The Morgan fingerprint density at radius 2 is 2.24 bits per heavy atom. The van der Waals surface area contributed by atoms with Gasteiger partial charge in [0.1, 0.15) is 24.6 Å². The van der Waals surface area contributed by atoms with E-state index in [9.17, 15) is 9.46 Å². The maximum Gasteiger partial charge on any atom is 0.472 e. The van der Waals surface area contributed by atoms with Crippen molar-refractivity contribution in [1.82, 2.24) is 19.5 Å². The van der Waals surface area contributed by atoms with Gasteiger partial charge in [0.25, 0.3) is 0 Å². The van der Waals surface area contributed by atoms with Gasteiger partial charge in [-0.05, 0) is 0 Å². The van der Waals surface area contributed by atoms with Crippen LogP contribution in [0, 0.1) is 0 Å². The predicted molar refractivity (Wildman–Crippen MR) is 81.6 cm³/mol. The van der Waals surface area contributed by atoms with Gasteiger partial charge in [0.05, 0.1) is 13.7 Å². The van der Waals surface area contributed by atoms with Gasteiger partial charge in [0, 0.05) is 7.11 Å². The van der Waals surface area contributed by atoms with Crippen LogP contribution in [0.3, 0.4) is 0 Å². The summed E-state index contributed by atoms with van der Waals surface area (Å²) in [5, 5.41) is 0. The Hall–Kier alpha value is -1.82. The molecule has 0 aromatic carbocycles. The van der Waals surface area contributed by atoms with Crippen LogP contribution >= 0.6 is 7.82 Å². The first kappa shape index (κ1) is 16.6. The van der Waals surface area contributed by atoms with Gasteiger partial charge < -0.3 is 24.8 Å². The van der Waals surface area contributed by atoms with Gasteiger partial charge in [0.2, 0.25) is 0 Å². The normalized spacial score (nSPS) is 35.0. The van der Waals surface area contributed by atoms with Crippen molar-refractivity contribution in [3.05, 3.63) is 6.33 Å². The number of anilines is 1. The van der Waals surface area contributed by atoms with E-state index in [0.717, 1.165) is 0 Å². The van der Waals surface area contributed by atoms with Crippen molar-refractivity contribution < 1.29 is 32.7 Å². The van der Waals surface area contributed by atoms with Gasteiger partial charge in [-0.15, -0.1) is 0 Å². The van der Waals surface area contributed by atoms with Gasteiger partial charge in [-0.3, -0.25) is 9.05 Å². The topological polar surface area (TPSA) is 153 Å². The van der Waals surface area contributed by atoms with Crippen LogP contribution in [-0.2, 0) is 23.1 Å². The van der Waals surface area contributed by atoms with Crippen molar-refractivity contribution in [3.63, 3.8) is 0 Å². The van der Waals surface area contributed by atoms with E-state index >= 15 is 0 Å². The SMILES string of the molecule is COc1nc2c(N)ncnc2n1[C@@H]1O[C@@H]2COP(=O)(O)O[C@H]2[C@H]1OC. The summed E-state index contributed by atoms with van der Waals surface area (Å²) in [5.41, 5.74) is 6.57. The lowest BCUT2D eigenvalue weighted by atomic mass is 10.1. The molecule has 25 heavy (non-hydrogen) atoms. The van der Waals surface area contributed by atoms with E-state index in [1.54, 1.807) is 4.57 Å². The highest BCUT2D eigenvalue weighted by atomic mass is 31.2. The van der Waals surface area contributed by atoms with Gasteiger partial charge in [0.15, 0.2) is 23.2 Å². The van der Waals surface area contributed by atoms with Crippen LogP contribution in [0.1, 0.15) is 6.23 Å². The van der Waals surface area contributed by atoms with Crippen LogP contribution in [0.15, 0.2) is 6.33 Å². The Kier molecular flexibility index (Phi) is 3.90. The van der Waals surface area contributed by atoms with Crippen LogP contribution in [0.4, 0.5) is 5.82 Å². The van der Waals surface area contributed by atoms with E-state index in [1.165, 1.54) is 20.5 Å². The van der Waals surface area contributed by atoms with Crippen molar-refractivity contribution in [1.29, 1.82) is 0 Å². The number of imidazole rings is 1. The standard InChI is InChI=1S/C12H16N5O7P/c1-20-8-7-5(3-22-25(18,19)24-7)23-11(8)17-10-6(16-12(17)21-2)9(13)14-4-15-10/h4-5,7-8,11H,3H2,1-2H3,(H,18,19)(H2,13,14,15)/t5-,7-,8-,11-/m1/s1. The lowest BCUT2D eigenvalue weighted by molar-refractivity contribution is -0.0683. The molecule has 13 heteroatoms. The maximum atomic E-state index is 11.7. The molecule has 0 amide bonds. The summed E-state index contributed by atoms with van der Waals surface area (Å²) in [6, 6.07) is 0.181. The first-order chi connectivity index (χ1) is 11.9. The molecule has 2 aromatic heterocycles. The minimum atomic E-state index is -4.15. The highest BCUT2D eigenvalue weighted by molar-refractivity contribution is 7.47. The highest BCUT2D eigenvalue weighted by Crippen LogP contribution is 2.53. The van der Waals surface area contributed by atoms with Crippen LogP contribution in [0.2, 0.25) is 0 Å². The molecule has 2 aliphatic heterocycles. The number of phosphoric acid groups is 1. The number of nitrogens with zero attached hydrogens (tertiary/aromatic N) is 4. The van der Waals surface area contributed by atoms with Gasteiger partial charge in [-0.25, -0.2) is 19.1 Å². The summed E-state index contributed by atoms with van der Waals surface area (Å²) in [4.78, 5) is 21.9. The first-order valence-electron chi connectivity index (χ1n) is 7.31. The molecule has 2 fully saturated rings. The third-order valence-corrected chi connectivity index (χ3v) is 5.11. The van der Waals surface area contributed by atoms with Crippen LogP contribution in [0.25, 0.3) is 11.2 Å². The average molecular weight is 373 g/mol. The Morgan fingerprint density at radius 3 is 2.96 bits per heavy atom. The van der Waals surface area contributed by atoms with E-state index < -0.39 is 32.4 Å². The Balaban J connectivity index is 1.81. The number of phosphoric ester groups is 1. The molecule has 1 unspecified atom stereocenters. The monoisotopic (exact) mass is 373 g/mol. The number of methoxy groups -OCH3 is 2. The molecule has 136 valence electrons. The number of rotatable bonds is 3. The highest BCUT2D eigenvalue weighted by Gasteiger charge is 2.54. The molecule has 3 N–H and O–H groups in total. The van der Waals surface area contributed by atoms with E-state index in [-0.39, 0.29) is 18.4 Å². The van der Waals surface area contributed by atoms with Gasteiger partial charge in [-0.2, -0.15) is 4.98 Å². The number of aromatic nitrogens is 4. The number of hydrogen-bond acceptors (Lipinski definition) is 10. The molecule has 0 saturated carbocycles. The largest absolute Gasteiger partial charge is 0.472 e. The zero-order valence-electron chi connectivity index (χ0n) is 13.3. The molecule has 2 aromatic rings. The minimum Gasteiger partial charge on any atom is -0.468 e. The van der Waals surface area contributed by atoms with Crippen molar-refractivity contribution >= 4 is 24.8 Å². The van der Waals surface area contributed by atoms with Crippen LogP contribution in [-0.4, -0.2) is 63.6 Å². The van der Waals surface area contributed by atoms with E-state index in [0.29, 0.717) is 11.2 Å². The lowest BCUT2D eigenvalue weighted by Gasteiger charge is -2.29. The second-order valence-electron chi connectivity index (χ2n) is 5.50. The number of hydrogen-bond donors (Lipinski definition) is 2. The van der Waals surface area contributed by atoms with E-state index in [2.05, 4.69) is 15.0 Å². The molecule has 0 bridgehead atoms. The fourth-order valence-electron chi connectivity index (χ4n) is 3.06. The average Bonchev–Trinajstić information content (AvgIpc) is 3.11. The fourth-order valence-corrected chi connectivity index (χ4v) is 4.02. The molecule has 2 aliphatic rings. The zero-order valence-corrected chi connectivity index (χ0v) is 14.2. The second kappa shape index (κ2) is 5.87. The molecule has 2 saturated heterocycles. The van der Waals surface area contributed by atoms with E-state index in [1.807, 2.05) is 0 Å². The number of nitrogens with two attached hydrogens (primary N) is 1. The summed E-state index contributed by atoms with van der Waals surface area (Å²) >= 11 is 0. The lowest BCUT2D eigenvalue weighted by Crippen LogP contribution is -2.40. The van der Waals surface area contributed by atoms with Crippen molar-refractivity contribution in [2.24, 2.45) is 0 Å². The number of ether oxygens (including phenoxy) is 3. The molecule has 12 nitrogen and oxygen atoms in total. The third-order valence-electron chi connectivity index (χ3n) is 4.12. The number of fused-ring (bicyclic) bond motifs is 2. The van der Waals surface area contributed by atoms with Crippen molar-refractivity contribution in [3.8, 4) is 6.01 Å². The van der Waals surface area contributed by atoms with Crippen LogP contribution < -0.4 is 10.5 Å². The van der Waals surface area contributed by atoms with Crippen LogP contribution in [0.5, 0.6) is 6.01 Å². The Bertz CT molecular complexity index is 860. The van der Waals surface area contributed by atoms with Gasteiger partial charge >= 0.3 is 13.8 Å².